The molecule has 1 heterocycles. The van der Waals surface area contributed by atoms with E-state index in [-0.39, 0.29) is 0 Å². The zero-order valence-corrected chi connectivity index (χ0v) is 14.0. The van der Waals surface area contributed by atoms with E-state index in [4.69, 9.17) is 10.7 Å². The Balaban J connectivity index is 2.02. The predicted molar refractivity (Wildman–Crippen MR) is 98.9 cm³/mol. The minimum absolute atomic E-state index is 0.698. The van der Waals surface area contributed by atoms with Crippen molar-refractivity contribution in [3.8, 4) is 0 Å². The van der Waals surface area contributed by atoms with Gasteiger partial charge in [0.15, 0.2) is 5.84 Å². The van der Waals surface area contributed by atoms with E-state index in [0.717, 1.165) is 43.4 Å². The van der Waals surface area contributed by atoms with Gasteiger partial charge >= 0.3 is 5.96 Å². The number of amidine groups is 1. The highest BCUT2D eigenvalue weighted by Gasteiger charge is 2.24. The average molecular weight is 322 g/mol. The zero-order chi connectivity index (χ0) is 16.8. The molecule has 0 bridgehead atoms. The highest BCUT2D eigenvalue weighted by Crippen LogP contribution is 2.12. The molecule has 24 heavy (non-hydrogen) atoms. The van der Waals surface area contributed by atoms with E-state index >= 15 is 0 Å². The lowest BCUT2D eigenvalue weighted by Crippen LogP contribution is -2.51. The van der Waals surface area contributed by atoms with Gasteiger partial charge in [-0.3, -0.25) is 4.90 Å². The van der Waals surface area contributed by atoms with E-state index in [1.165, 1.54) is 0 Å². The summed E-state index contributed by atoms with van der Waals surface area (Å²) in [6, 6.07) is 20.0. The first-order valence-corrected chi connectivity index (χ1v) is 8.26. The maximum atomic E-state index is 6.42. The van der Waals surface area contributed by atoms with Gasteiger partial charge in [-0.25, -0.2) is 4.58 Å². The molecule has 1 aliphatic heterocycles. The molecule has 0 aliphatic carbocycles. The molecule has 0 aromatic heterocycles. The first-order valence-electron chi connectivity index (χ1n) is 8.26. The molecule has 0 saturated carbocycles. The summed E-state index contributed by atoms with van der Waals surface area (Å²) in [5.74, 6) is 1.58. The molecule has 0 unspecified atom stereocenters. The Morgan fingerprint density at radius 1 is 1.00 bits per heavy atom. The Bertz CT molecular complexity index is 716. The van der Waals surface area contributed by atoms with Gasteiger partial charge < -0.3 is 11.1 Å². The molecule has 3 rings (SSSR count). The lowest BCUT2D eigenvalue weighted by Gasteiger charge is -2.26. The minimum atomic E-state index is 0.698. The van der Waals surface area contributed by atoms with Crippen molar-refractivity contribution in [3.05, 3.63) is 66.2 Å². The molecule has 0 spiro atoms. The smallest absolute Gasteiger partial charge is 0.334 e. The third kappa shape index (κ3) is 3.81. The fourth-order valence-corrected chi connectivity index (χ4v) is 2.75. The van der Waals surface area contributed by atoms with Crippen molar-refractivity contribution in [2.45, 2.75) is 0 Å². The Hall–Kier alpha value is -2.66. The monoisotopic (exact) mass is 322 g/mol. The van der Waals surface area contributed by atoms with Crippen molar-refractivity contribution >= 4 is 17.5 Å². The third-order valence-corrected chi connectivity index (χ3v) is 4.12. The second-order valence-electron chi connectivity index (χ2n) is 5.79. The maximum absolute atomic E-state index is 6.42. The number of nitrogens with one attached hydrogen (secondary N) is 1. The van der Waals surface area contributed by atoms with Crippen LogP contribution in [-0.4, -0.2) is 54.5 Å². The van der Waals surface area contributed by atoms with Crippen LogP contribution in [0.2, 0.25) is 0 Å². The summed E-state index contributed by atoms with van der Waals surface area (Å²) in [7, 11) is 1.98. The van der Waals surface area contributed by atoms with Crippen molar-refractivity contribution in [1.29, 1.82) is 0 Å². The first-order chi connectivity index (χ1) is 11.8. The van der Waals surface area contributed by atoms with Gasteiger partial charge in [-0.05, 0) is 24.3 Å². The van der Waals surface area contributed by atoms with Crippen LogP contribution >= 0.6 is 0 Å². The molecule has 5 nitrogen and oxygen atoms in total. The number of nitrogens with zero attached hydrogens (tertiary/aromatic N) is 3. The van der Waals surface area contributed by atoms with Crippen molar-refractivity contribution in [3.63, 3.8) is 0 Å². The van der Waals surface area contributed by atoms with E-state index in [2.05, 4.69) is 10.2 Å². The Morgan fingerprint density at radius 3 is 2.21 bits per heavy atom. The molecule has 1 saturated heterocycles. The summed E-state index contributed by atoms with van der Waals surface area (Å²) in [5.41, 5.74) is 8.34. The van der Waals surface area contributed by atoms with Gasteiger partial charge in [-0.2, -0.15) is 0 Å². The fraction of sp³-hybridized carbons (Fsp3) is 0.263. The summed E-state index contributed by atoms with van der Waals surface area (Å²) in [6.07, 6.45) is 0. The number of piperazine rings is 1. The van der Waals surface area contributed by atoms with Crippen LogP contribution in [0.3, 0.4) is 0 Å². The van der Waals surface area contributed by atoms with Crippen LogP contribution in [-0.2, 0) is 0 Å². The number of aliphatic imine (C=N–C) groups is 1. The average Bonchev–Trinajstić information content (AvgIpc) is 2.67. The molecule has 2 aromatic carbocycles. The van der Waals surface area contributed by atoms with Crippen LogP contribution in [0.25, 0.3) is 0 Å². The molecule has 2 aromatic rings. The second kappa shape index (κ2) is 7.75. The Morgan fingerprint density at radius 2 is 1.58 bits per heavy atom. The standard InChI is InChI=1S/C19H23N5/c1-23(18(20)16-8-4-2-5-9-16)19(24-14-12-21-13-15-24)22-17-10-6-3-7-11-17/h2-11,20-21H,12-15H2,1H3/p+1. The van der Waals surface area contributed by atoms with E-state index < -0.39 is 0 Å². The Kier molecular flexibility index (Phi) is 5.23. The summed E-state index contributed by atoms with van der Waals surface area (Å²) >= 11 is 0. The quantitative estimate of drug-likeness (QED) is 0.502. The normalized spacial score (nSPS) is 16.7. The molecule has 0 atom stereocenters. The minimum Gasteiger partial charge on any atom is -0.334 e. The summed E-state index contributed by atoms with van der Waals surface area (Å²) in [5, 5.41) is 3.38. The van der Waals surface area contributed by atoms with E-state index in [1.54, 1.807) is 0 Å². The lowest BCUT2D eigenvalue weighted by atomic mass is 10.2. The molecular formula is C19H24N5+. The van der Waals surface area contributed by atoms with Crippen LogP contribution in [0.4, 0.5) is 5.69 Å². The molecular weight excluding hydrogens is 298 g/mol. The van der Waals surface area contributed by atoms with Gasteiger partial charge in [0.05, 0.1) is 20.1 Å². The van der Waals surface area contributed by atoms with Crippen molar-refractivity contribution in [2.24, 2.45) is 10.7 Å². The van der Waals surface area contributed by atoms with Crippen molar-refractivity contribution in [2.75, 3.05) is 33.2 Å². The lowest BCUT2D eigenvalue weighted by molar-refractivity contribution is -0.385. The number of hydrogen-bond acceptors (Lipinski definition) is 2. The Labute approximate surface area is 143 Å². The van der Waals surface area contributed by atoms with Crippen LogP contribution in [0.1, 0.15) is 5.56 Å². The summed E-state index contributed by atoms with van der Waals surface area (Å²) in [6.45, 7) is 3.73. The maximum Gasteiger partial charge on any atom is 0.350 e. The van der Waals surface area contributed by atoms with Crippen molar-refractivity contribution in [1.82, 2.24) is 10.2 Å². The van der Waals surface area contributed by atoms with Crippen molar-refractivity contribution < 1.29 is 4.58 Å². The van der Waals surface area contributed by atoms with Gasteiger partial charge in [-0.15, -0.1) is 4.99 Å². The molecule has 0 amide bonds. The summed E-state index contributed by atoms with van der Waals surface area (Å²) in [4.78, 5) is 7.15. The van der Waals surface area contributed by atoms with Gasteiger partial charge in [0.25, 0.3) is 0 Å². The molecule has 0 radical (unpaired) electrons. The fourth-order valence-electron chi connectivity index (χ4n) is 2.75. The van der Waals surface area contributed by atoms with Crippen LogP contribution < -0.4 is 11.1 Å². The number of nitrogens with two attached hydrogens (primary N) is 1. The molecule has 1 aliphatic rings. The van der Waals surface area contributed by atoms with Gasteiger partial charge in [-0.1, -0.05) is 36.4 Å². The first kappa shape index (κ1) is 16.2. The van der Waals surface area contributed by atoms with Crippen LogP contribution in [0.15, 0.2) is 65.7 Å². The van der Waals surface area contributed by atoms with E-state index in [0.29, 0.717) is 5.84 Å². The number of rotatable bonds is 2. The number of hydrogen-bond donors (Lipinski definition) is 2. The largest absolute Gasteiger partial charge is 0.350 e. The SMILES string of the molecule is C[N+](C(=Nc1ccccc1)N1CCNCC1)=C(N)c1ccccc1. The van der Waals surface area contributed by atoms with Crippen LogP contribution in [0, 0.1) is 0 Å². The van der Waals surface area contributed by atoms with Gasteiger partial charge in [0.2, 0.25) is 0 Å². The zero-order valence-electron chi connectivity index (χ0n) is 14.0. The number of para-hydroxylation sites is 1. The highest BCUT2D eigenvalue weighted by molar-refractivity contribution is 5.97. The predicted octanol–water partition coefficient (Wildman–Crippen LogP) is 1.63. The van der Waals surface area contributed by atoms with Gasteiger partial charge in [0, 0.05) is 18.7 Å². The van der Waals surface area contributed by atoms with E-state index in [9.17, 15) is 0 Å². The topological polar surface area (TPSA) is 56.7 Å². The number of benzene rings is 2. The van der Waals surface area contributed by atoms with Gasteiger partial charge in [0.1, 0.15) is 5.69 Å². The molecule has 3 N–H and O–H groups in total. The molecule has 1 fully saturated rings. The highest BCUT2D eigenvalue weighted by atomic mass is 15.4. The number of guanidine groups is 1. The molecule has 5 heteroatoms. The molecule has 124 valence electrons. The van der Waals surface area contributed by atoms with E-state index in [1.807, 2.05) is 72.3 Å². The summed E-state index contributed by atoms with van der Waals surface area (Å²) < 4.78 is 1.98. The third-order valence-electron chi connectivity index (χ3n) is 4.12. The van der Waals surface area contributed by atoms with Crippen LogP contribution in [0.5, 0.6) is 0 Å². The second-order valence-corrected chi connectivity index (χ2v) is 5.79.